The molecule has 3 N–H and O–H groups in total. The molecule has 0 aliphatic heterocycles. The second kappa shape index (κ2) is 6.78. The fourth-order valence-electron chi connectivity index (χ4n) is 2.62. The number of carbonyl (C=O) groups excluding carboxylic acids is 2. The highest BCUT2D eigenvalue weighted by molar-refractivity contribution is 5.95. The standard InChI is InChI=1S/C15H20N2O4/c16-8-13(19)15(6-2-1-3-7-15)21-14(20)11-4-5-12(10-18)17-9-11/h4-5,9,18H,1-3,6-8,10,16H2. The molecule has 6 nitrogen and oxygen atoms in total. The van der Waals surface area contributed by atoms with Crippen LogP contribution in [0.1, 0.15) is 48.2 Å². The van der Waals surface area contributed by atoms with Crippen molar-refractivity contribution in [2.24, 2.45) is 5.73 Å². The van der Waals surface area contributed by atoms with Crippen molar-refractivity contribution in [3.05, 3.63) is 29.6 Å². The normalized spacial score (nSPS) is 17.2. The third kappa shape index (κ3) is 3.46. The molecule has 0 spiro atoms. The number of esters is 1. The number of pyridine rings is 1. The number of aliphatic hydroxyl groups is 1. The molecule has 0 atom stereocenters. The number of aliphatic hydroxyl groups excluding tert-OH is 1. The van der Waals surface area contributed by atoms with Crippen LogP contribution in [-0.2, 0) is 16.1 Å². The van der Waals surface area contributed by atoms with Gasteiger partial charge in [0.1, 0.15) is 0 Å². The van der Waals surface area contributed by atoms with Crippen molar-refractivity contribution in [2.75, 3.05) is 6.54 Å². The lowest BCUT2D eigenvalue weighted by Crippen LogP contribution is -2.48. The van der Waals surface area contributed by atoms with E-state index in [4.69, 9.17) is 15.6 Å². The molecule has 1 aromatic heterocycles. The Balaban J connectivity index is 2.15. The molecule has 0 aromatic carbocycles. The molecule has 0 bridgehead atoms. The van der Waals surface area contributed by atoms with Gasteiger partial charge in [-0.05, 0) is 37.8 Å². The molecule has 114 valence electrons. The first-order valence-electron chi connectivity index (χ1n) is 7.14. The van der Waals surface area contributed by atoms with Gasteiger partial charge >= 0.3 is 5.97 Å². The van der Waals surface area contributed by atoms with Gasteiger partial charge in [0, 0.05) is 6.20 Å². The summed E-state index contributed by atoms with van der Waals surface area (Å²) < 4.78 is 5.52. The molecule has 0 unspecified atom stereocenters. The number of hydrogen-bond donors (Lipinski definition) is 2. The van der Waals surface area contributed by atoms with Crippen molar-refractivity contribution in [2.45, 2.75) is 44.3 Å². The number of nitrogens with zero attached hydrogens (tertiary/aromatic N) is 1. The fourth-order valence-corrected chi connectivity index (χ4v) is 2.62. The summed E-state index contributed by atoms with van der Waals surface area (Å²) in [7, 11) is 0. The van der Waals surface area contributed by atoms with Crippen LogP contribution in [0.2, 0.25) is 0 Å². The zero-order chi connectivity index (χ0) is 15.3. The van der Waals surface area contributed by atoms with E-state index in [0.29, 0.717) is 18.5 Å². The van der Waals surface area contributed by atoms with Gasteiger partial charge < -0.3 is 15.6 Å². The van der Waals surface area contributed by atoms with Gasteiger partial charge in [-0.1, -0.05) is 6.42 Å². The van der Waals surface area contributed by atoms with Gasteiger partial charge in [0.25, 0.3) is 0 Å². The predicted molar refractivity (Wildman–Crippen MR) is 75.5 cm³/mol. The van der Waals surface area contributed by atoms with E-state index in [1.807, 2.05) is 0 Å². The summed E-state index contributed by atoms with van der Waals surface area (Å²) in [4.78, 5) is 28.3. The van der Waals surface area contributed by atoms with Crippen LogP contribution in [0.5, 0.6) is 0 Å². The summed E-state index contributed by atoms with van der Waals surface area (Å²) >= 11 is 0. The highest BCUT2D eigenvalue weighted by Gasteiger charge is 2.42. The number of carbonyl (C=O) groups is 2. The van der Waals surface area contributed by atoms with Gasteiger partial charge in [0.2, 0.25) is 0 Å². The number of Topliss-reactive ketones (excluding diaryl/α,β-unsaturated/α-hetero) is 1. The Morgan fingerprint density at radius 1 is 1.29 bits per heavy atom. The van der Waals surface area contributed by atoms with Crippen LogP contribution >= 0.6 is 0 Å². The van der Waals surface area contributed by atoms with Gasteiger partial charge in [0.15, 0.2) is 11.4 Å². The summed E-state index contributed by atoms with van der Waals surface area (Å²) in [6, 6.07) is 3.08. The van der Waals surface area contributed by atoms with Crippen molar-refractivity contribution < 1.29 is 19.4 Å². The number of rotatable bonds is 5. The Bertz CT molecular complexity index is 507. The van der Waals surface area contributed by atoms with Crippen LogP contribution in [0, 0.1) is 0 Å². The molecule has 1 aliphatic carbocycles. The van der Waals surface area contributed by atoms with E-state index in [-0.39, 0.29) is 24.5 Å². The Kier molecular flexibility index (Phi) is 5.03. The first-order valence-corrected chi connectivity index (χ1v) is 7.14. The average molecular weight is 292 g/mol. The highest BCUT2D eigenvalue weighted by atomic mass is 16.6. The van der Waals surface area contributed by atoms with Gasteiger partial charge in [-0.15, -0.1) is 0 Å². The van der Waals surface area contributed by atoms with Crippen molar-refractivity contribution >= 4 is 11.8 Å². The molecular weight excluding hydrogens is 272 g/mol. The van der Waals surface area contributed by atoms with Gasteiger partial charge in [-0.2, -0.15) is 0 Å². The lowest BCUT2D eigenvalue weighted by atomic mass is 9.81. The van der Waals surface area contributed by atoms with Crippen molar-refractivity contribution in [3.8, 4) is 0 Å². The smallest absolute Gasteiger partial charge is 0.340 e. The molecule has 1 aliphatic rings. The quantitative estimate of drug-likeness (QED) is 0.784. The molecule has 6 heteroatoms. The topological polar surface area (TPSA) is 103 Å². The highest BCUT2D eigenvalue weighted by Crippen LogP contribution is 2.33. The van der Waals surface area contributed by atoms with E-state index < -0.39 is 11.6 Å². The number of aromatic nitrogens is 1. The maximum Gasteiger partial charge on any atom is 0.340 e. The maximum absolute atomic E-state index is 12.2. The predicted octanol–water partition coefficient (Wildman–Crippen LogP) is 0.961. The fraction of sp³-hybridized carbons (Fsp3) is 0.533. The minimum atomic E-state index is -1.08. The molecule has 1 aromatic rings. The van der Waals surface area contributed by atoms with E-state index in [2.05, 4.69) is 4.98 Å². The van der Waals surface area contributed by atoms with Gasteiger partial charge in [0.05, 0.1) is 24.4 Å². The van der Waals surface area contributed by atoms with Crippen molar-refractivity contribution in [1.82, 2.24) is 4.98 Å². The van der Waals surface area contributed by atoms with Crippen molar-refractivity contribution in [1.29, 1.82) is 0 Å². The molecule has 1 fully saturated rings. The average Bonchev–Trinajstić information content (AvgIpc) is 2.55. The summed E-state index contributed by atoms with van der Waals surface area (Å²) in [5.74, 6) is -0.800. The van der Waals surface area contributed by atoms with E-state index in [1.165, 1.54) is 12.3 Å². The van der Waals surface area contributed by atoms with Gasteiger partial charge in [-0.3, -0.25) is 9.78 Å². The Hall–Kier alpha value is -1.79. The van der Waals surface area contributed by atoms with E-state index in [1.54, 1.807) is 6.07 Å². The lowest BCUT2D eigenvalue weighted by Gasteiger charge is -2.35. The van der Waals surface area contributed by atoms with Crippen LogP contribution in [0.3, 0.4) is 0 Å². The van der Waals surface area contributed by atoms with Gasteiger partial charge in [-0.25, -0.2) is 4.79 Å². The molecule has 2 rings (SSSR count). The minimum absolute atomic E-state index is 0.130. The second-order valence-corrected chi connectivity index (χ2v) is 5.27. The van der Waals surface area contributed by atoms with Crippen LogP contribution in [0.15, 0.2) is 18.3 Å². The molecule has 21 heavy (non-hydrogen) atoms. The zero-order valence-corrected chi connectivity index (χ0v) is 11.9. The Morgan fingerprint density at radius 3 is 2.52 bits per heavy atom. The number of ether oxygens (including phenoxy) is 1. The summed E-state index contributed by atoms with van der Waals surface area (Å²) in [6.45, 7) is -0.320. The SMILES string of the molecule is NCC(=O)C1(OC(=O)c2ccc(CO)nc2)CCCCC1. The molecule has 1 heterocycles. The van der Waals surface area contributed by atoms with E-state index in [9.17, 15) is 9.59 Å². The van der Waals surface area contributed by atoms with Crippen LogP contribution in [0.25, 0.3) is 0 Å². The largest absolute Gasteiger partial charge is 0.447 e. The lowest BCUT2D eigenvalue weighted by molar-refractivity contribution is -0.140. The molecule has 0 amide bonds. The summed E-state index contributed by atoms with van der Waals surface area (Å²) in [6.07, 6.45) is 5.12. The molecule has 1 saturated carbocycles. The maximum atomic E-state index is 12.2. The Morgan fingerprint density at radius 2 is 2.00 bits per heavy atom. The zero-order valence-electron chi connectivity index (χ0n) is 11.9. The van der Waals surface area contributed by atoms with Crippen molar-refractivity contribution in [3.63, 3.8) is 0 Å². The summed E-state index contributed by atoms with van der Waals surface area (Å²) in [5, 5.41) is 8.94. The van der Waals surface area contributed by atoms with E-state index >= 15 is 0 Å². The monoisotopic (exact) mass is 292 g/mol. The van der Waals surface area contributed by atoms with Crippen LogP contribution in [0.4, 0.5) is 0 Å². The van der Waals surface area contributed by atoms with E-state index in [0.717, 1.165) is 19.3 Å². The third-order valence-corrected chi connectivity index (χ3v) is 3.87. The molecule has 0 saturated heterocycles. The number of ketones is 1. The molecular formula is C15H20N2O4. The number of nitrogens with two attached hydrogens (primary N) is 1. The Labute approximate surface area is 123 Å². The third-order valence-electron chi connectivity index (χ3n) is 3.87. The summed E-state index contributed by atoms with van der Waals surface area (Å²) in [5.41, 5.74) is 5.11. The first kappa shape index (κ1) is 15.6. The van der Waals surface area contributed by atoms with Crippen LogP contribution in [-0.4, -0.2) is 34.0 Å². The second-order valence-electron chi connectivity index (χ2n) is 5.27. The van der Waals surface area contributed by atoms with Crippen LogP contribution < -0.4 is 5.73 Å². The first-order chi connectivity index (χ1) is 10.1. The minimum Gasteiger partial charge on any atom is -0.447 e. The molecule has 0 radical (unpaired) electrons. The number of hydrogen-bond acceptors (Lipinski definition) is 6.